The van der Waals surface area contributed by atoms with Crippen LogP contribution in [0.1, 0.15) is 37.7 Å². The maximum atomic E-state index is 13.8. The van der Waals surface area contributed by atoms with Crippen molar-refractivity contribution in [3.8, 4) is 0 Å². The Hall–Kier alpha value is -3.43. The fourth-order valence-corrected chi connectivity index (χ4v) is 5.77. The molecule has 0 radical (unpaired) electrons. The molecule has 1 aliphatic carbocycles. The number of pyridine rings is 1. The Kier molecular flexibility index (Phi) is 15.5. The standard InChI is InChI=1S/C25H37F3N4O4.2C2HF3O2/c1-34-14-7-24(6-3-19(16-24)30-20-5-13-36-17-21(20)35-2)23(33)32-11-9-31(10-12-32)22-15-18(4-8-29-22)25(26,27)28;2*3-2(4,5)1(6)7/h4,8,15,19-21,30H,3,5-7,9-14,16-17H2,1-2H3;2*(H,6,7)/t19-,20-,21?,24-;;/m1../s1. The Morgan fingerprint density at radius 2 is 1.56 bits per heavy atom. The molecule has 21 heteroatoms. The number of rotatable bonds is 8. The summed E-state index contributed by atoms with van der Waals surface area (Å²) in [6.07, 6.45) is -9.45. The molecule has 1 amide bonds. The first-order valence-electron chi connectivity index (χ1n) is 15.2. The number of ether oxygens (including phenoxy) is 3. The predicted octanol–water partition coefficient (Wildman–Crippen LogP) is 3.98. The fraction of sp³-hybridized carbons (Fsp3) is 0.724. The molecular weight excluding hydrogens is 703 g/mol. The van der Waals surface area contributed by atoms with E-state index < -0.39 is 41.4 Å². The number of aliphatic carboxylic acids is 2. The maximum absolute atomic E-state index is 13.8. The van der Waals surface area contributed by atoms with Crippen LogP contribution in [-0.2, 0) is 34.8 Å². The number of halogens is 9. The lowest BCUT2D eigenvalue weighted by molar-refractivity contribution is -0.193. The van der Waals surface area contributed by atoms with Crippen molar-refractivity contribution in [3.05, 3.63) is 23.9 Å². The van der Waals surface area contributed by atoms with Gasteiger partial charge in [-0.15, -0.1) is 0 Å². The highest BCUT2D eigenvalue weighted by atomic mass is 19.4. The largest absolute Gasteiger partial charge is 0.490 e. The number of methoxy groups -OCH3 is 2. The first-order valence-corrected chi connectivity index (χ1v) is 15.2. The number of anilines is 1. The van der Waals surface area contributed by atoms with E-state index in [1.165, 1.54) is 6.20 Å². The Balaban J connectivity index is 0.000000521. The average molecular weight is 743 g/mol. The van der Waals surface area contributed by atoms with Crippen molar-refractivity contribution in [1.29, 1.82) is 0 Å². The van der Waals surface area contributed by atoms with Crippen molar-refractivity contribution >= 4 is 23.7 Å². The Morgan fingerprint density at radius 1 is 0.980 bits per heavy atom. The Bertz CT molecular complexity index is 1240. The maximum Gasteiger partial charge on any atom is 0.490 e. The number of piperazine rings is 1. The van der Waals surface area contributed by atoms with E-state index in [0.29, 0.717) is 58.2 Å². The molecule has 12 nitrogen and oxygen atoms in total. The van der Waals surface area contributed by atoms with E-state index in [1.54, 1.807) is 14.2 Å². The van der Waals surface area contributed by atoms with Gasteiger partial charge >= 0.3 is 30.5 Å². The van der Waals surface area contributed by atoms with E-state index in [4.69, 9.17) is 34.0 Å². The van der Waals surface area contributed by atoms with Gasteiger partial charge in [-0.3, -0.25) is 4.79 Å². The lowest BCUT2D eigenvalue weighted by Crippen LogP contribution is -2.54. The monoisotopic (exact) mass is 742 g/mol. The van der Waals surface area contributed by atoms with Gasteiger partial charge in [0, 0.05) is 71.9 Å². The summed E-state index contributed by atoms with van der Waals surface area (Å²) < 4.78 is 119. The lowest BCUT2D eigenvalue weighted by atomic mass is 9.80. The van der Waals surface area contributed by atoms with Gasteiger partial charge in [0.2, 0.25) is 5.91 Å². The average Bonchev–Trinajstić information content (AvgIpc) is 3.46. The van der Waals surface area contributed by atoms with Crippen molar-refractivity contribution in [2.45, 2.75) is 68.8 Å². The third kappa shape index (κ3) is 12.7. The molecule has 0 bridgehead atoms. The van der Waals surface area contributed by atoms with E-state index in [2.05, 4.69) is 10.3 Å². The second-order valence-corrected chi connectivity index (χ2v) is 11.7. The van der Waals surface area contributed by atoms with Gasteiger partial charge in [0.15, 0.2) is 0 Å². The number of amides is 1. The zero-order valence-electron chi connectivity index (χ0n) is 27.0. The van der Waals surface area contributed by atoms with Crippen LogP contribution in [0.15, 0.2) is 18.3 Å². The van der Waals surface area contributed by atoms with Gasteiger partial charge in [-0.25, -0.2) is 14.6 Å². The first-order chi connectivity index (χ1) is 23.1. The molecule has 0 spiro atoms. The first kappa shape index (κ1) is 42.7. The molecule has 1 saturated carbocycles. The highest BCUT2D eigenvalue weighted by Gasteiger charge is 2.48. The van der Waals surface area contributed by atoms with Crippen LogP contribution in [0.2, 0.25) is 0 Å². The van der Waals surface area contributed by atoms with E-state index in [-0.39, 0.29) is 24.1 Å². The van der Waals surface area contributed by atoms with Crippen molar-refractivity contribution in [2.24, 2.45) is 5.41 Å². The number of aromatic nitrogens is 1. The Morgan fingerprint density at radius 3 is 2.06 bits per heavy atom. The second-order valence-electron chi connectivity index (χ2n) is 11.7. The lowest BCUT2D eigenvalue weighted by Gasteiger charge is -2.40. The summed E-state index contributed by atoms with van der Waals surface area (Å²) in [7, 11) is 3.35. The zero-order valence-corrected chi connectivity index (χ0v) is 27.0. The summed E-state index contributed by atoms with van der Waals surface area (Å²) in [5.74, 6) is -5.10. The van der Waals surface area contributed by atoms with E-state index >= 15 is 0 Å². The second kappa shape index (κ2) is 18.2. The molecule has 4 atom stereocenters. The third-order valence-corrected chi connectivity index (χ3v) is 8.35. The molecule has 3 aliphatic rings. The molecule has 3 N–H and O–H groups in total. The van der Waals surface area contributed by atoms with Gasteiger partial charge in [0.25, 0.3) is 0 Å². The molecule has 3 heterocycles. The van der Waals surface area contributed by atoms with Crippen LogP contribution in [0, 0.1) is 5.41 Å². The molecule has 0 aromatic carbocycles. The van der Waals surface area contributed by atoms with Crippen LogP contribution in [0.25, 0.3) is 0 Å². The number of carboxylic acid groups (broad SMARTS) is 2. The minimum absolute atomic E-state index is 0.000891. The number of carbonyl (C=O) groups is 3. The van der Waals surface area contributed by atoms with Gasteiger partial charge in [-0.05, 0) is 44.2 Å². The van der Waals surface area contributed by atoms with Crippen molar-refractivity contribution in [3.63, 3.8) is 0 Å². The number of nitrogens with one attached hydrogen (secondary N) is 1. The van der Waals surface area contributed by atoms with E-state index in [1.807, 2.05) is 9.80 Å². The highest BCUT2D eigenvalue weighted by molar-refractivity contribution is 5.83. The molecule has 1 aromatic heterocycles. The summed E-state index contributed by atoms with van der Waals surface area (Å²) in [6.45, 7) is 3.57. The molecule has 50 heavy (non-hydrogen) atoms. The molecule has 1 aromatic rings. The highest BCUT2D eigenvalue weighted by Crippen LogP contribution is 2.44. The zero-order chi connectivity index (χ0) is 37.9. The normalized spacial score (nSPS) is 24.4. The number of alkyl halides is 9. The molecule has 2 saturated heterocycles. The van der Waals surface area contributed by atoms with Crippen LogP contribution < -0.4 is 10.2 Å². The van der Waals surface area contributed by atoms with Gasteiger partial charge in [-0.1, -0.05) is 0 Å². The van der Waals surface area contributed by atoms with Crippen molar-refractivity contribution in [2.75, 3.05) is 65.1 Å². The van der Waals surface area contributed by atoms with Gasteiger partial charge < -0.3 is 39.5 Å². The van der Waals surface area contributed by atoms with E-state index in [9.17, 15) is 44.3 Å². The summed E-state index contributed by atoms with van der Waals surface area (Å²) in [5.41, 5.74) is -1.22. The van der Waals surface area contributed by atoms with Crippen LogP contribution in [0.5, 0.6) is 0 Å². The minimum Gasteiger partial charge on any atom is -0.475 e. The van der Waals surface area contributed by atoms with Gasteiger partial charge in [0.05, 0.1) is 23.7 Å². The van der Waals surface area contributed by atoms with Crippen LogP contribution in [0.3, 0.4) is 0 Å². The SMILES string of the molecule is COCC[C@]1(C(=O)N2CCN(c3cc(C(F)(F)F)ccn3)CC2)CC[C@@H](N[C@@H]2CCOCC2OC)C1.O=C(O)C(F)(F)F.O=C(O)C(F)(F)F. The number of hydrogen-bond acceptors (Lipinski definition) is 9. The summed E-state index contributed by atoms with van der Waals surface area (Å²) >= 11 is 0. The number of nitrogens with zero attached hydrogens (tertiary/aromatic N) is 3. The summed E-state index contributed by atoms with van der Waals surface area (Å²) in [6, 6.07) is 2.46. The summed E-state index contributed by atoms with van der Waals surface area (Å²) in [4.78, 5) is 39.4. The topological polar surface area (TPSA) is 151 Å². The van der Waals surface area contributed by atoms with Crippen LogP contribution in [0.4, 0.5) is 45.3 Å². The fourth-order valence-electron chi connectivity index (χ4n) is 5.77. The molecule has 2 aliphatic heterocycles. The molecular formula is C29H39F9N4O8. The molecule has 3 fully saturated rings. The van der Waals surface area contributed by atoms with Gasteiger partial charge in [-0.2, -0.15) is 39.5 Å². The van der Waals surface area contributed by atoms with Crippen molar-refractivity contribution in [1.82, 2.24) is 15.2 Å². The molecule has 1 unspecified atom stereocenters. The third-order valence-electron chi connectivity index (χ3n) is 8.35. The number of carboxylic acids is 2. The Labute approximate surface area is 280 Å². The van der Waals surface area contributed by atoms with Crippen LogP contribution in [-0.4, -0.2) is 129 Å². The predicted molar refractivity (Wildman–Crippen MR) is 155 cm³/mol. The summed E-state index contributed by atoms with van der Waals surface area (Å²) in [5, 5.41) is 18.0. The number of carbonyl (C=O) groups excluding carboxylic acids is 1. The van der Waals surface area contributed by atoms with Crippen molar-refractivity contribution < 1.29 is 78.3 Å². The smallest absolute Gasteiger partial charge is 0.475 e. The molecule has 286 valence electrons. The van der Waals surface area contributed by atoms with E-state index in [0.717, 1.165) is 37.8 Å². The van der Waals surface area contributed by atoms with Gasteiger partial charge in [0.1, 0.15) is 5.82 Å². The molecule has 4 rings (SSSR count). The minimum atomic E-state index is -5.08. The number of hydrogen-bond donors (Lipinski definition) is 3. The van der Waals surface area contributed by atoms with Crippen LogP contribution >= 0.6 is 0 Å². The quantitative estimate of drug-likeness (QED) is 0.332.